The highest BCUT2D eigenvalue weighted by atomic mass is 32.2. The van der Waals surface area contributed by atoms with Gasteiger partial charge in [-0.1, -0.05) is 6.92 Å². The maximum Gasteiger partial charge on any atom is 0.264 e. The van der Waals surface area contributed by atoms with Crippen LogP contribution in [0.2, 0.25) is 0 Å². The van der Waals surface area contributed by atoms with Crippen molar-refractivity contribution in [3.63, 3.8) is 0 Å². The summed E-state index contributed by atoms with van der Waals surface area (Å²) in [5.74, 6) is 0.500. The van der Waals surface area contributed by atoms with Gasteiger partial charge in [-0.2, -0.15) is 8.42 Å². The first-order valence-electron chi connectivity index (χ1n) is 8.29. The third-order valence-corrected chi connectivity index (χ3v) is 3.91. The minimum absolute atomic E-state index is 0.0456. The van der Waals surface area contributed by atoms with Crippen molar-refractivity contribution in [1.29, 1.82) is 0 Å². The highest BCUT2D eigenvalue weighted by Crippen LogP contribution is 2.16. The van der Waals surface area contributed by atoms with E-state index in [9.17, 15) is 13.2 Å². The normalized spacial score (nSPS) is 12.6. The minimum atomic E-state index is -3.45. The maximum atomic E-state index is 11.8. The molecule has 142 valence electrons. The number of amides is 1. The van der Waals surface area contributed by atoms with Gasteiger partial charge in [0.25, 0.3) is 10.1 Å². The van der Waals surface area contributed by atoms with Crippen LogP contribution in [-0.2, 0) is 23.8 Å². The Balaban J connectivity index is 2.25. The third kappa shape index (κ3) is 10.8. The van der Waals surface area contributed by atoms with Gasteiger partial charge in [0.1, 0.15) is 19.0 Å². The fraction of sp³-hybridized carbons (Fsp3) is 0.588. The SMILES string of the molecule is CCC(C)OCCCC(=O)Nc1ccc(OCCOS(C)(=O)=O)cc1. The molecule has 0 bridgehead atoms. The second kappa shape index (κ2) is 11.1. The Hall–Kier alpha value is -1.64. The fourth-order valence-electron chi connectivity index (χ4n) is 1.84. The second-order valence-corrected chi connectivity index (χ2v) is 7.28. The Labute approximate surface area is 149 Å². The van der Waals surface area contributed by atoms with Gasteiger partial charge in [0.05, 0.1) is 12.4 Å². The largest absolute Gasteiger partial charge is 0.491 e. The van der Waals surface area contributed by atoms with Gasteiger partial charge in [-0.05, 0) is 44.0 Å². The number of rotatable bonds is 12. The van der Waals surface area contributed by atoms with Gasteiger partial charge in [0.15, 0.2) is 0 Å². The number of carbonyl (C=O) groups is 1. The van der Waals surface area contributed by atoms with Crippen molar-refractivity contribution in [3.8, 4) is 5.75 Å². The maximum absolute atomic E-state index is 11.8. The van der Waals surface area contributed by atoms with Crippen LogP contribution in [-0.4, -0.2) is 46.5 Å². The molecule has 1 N–H and O–H groups in total. The van der Waals surface area contributed by atoms with Crippen LogP contribution in [0.5, 0.6) is 5.75 Å². The van der Waals surface area contributed by atoms with Gasteiger partial charge in [-0.15, -0.1) is 0 Å². The van der Waals surface area contributed by atoms with Crippen molar-refractivity contribution in [3.05, 3.63) is 24.3 Å². The molecule has 0 radical (unpaired) electrons. The second-order valence-electron chi connectivity index (χ2n) is 5.64. The number of hydrogen-bond acceptors (Lipinski definition) is 6. The molecule has 8 heteroatoms. The molecular weight excluding hydrogens is 346 g/mol. The number of ether oxygens (including phenoxy) is 2. The van der Waals surface area contributed by atoms with Crippen LogP contribution in [0.1, 0.15) is 33.1 Å². The van der Waals surface area contributed by atoms with Crippen molar-refractivity contribution in [2.75, 3.05) is 31.4 Å². The van der Waals surface area contributed by atoms with E-state index in [1.165, 1.54) is 0 Å². The van der Waals surface area contributed by atoms with Crippen LogP contribution in [0.15, 0.2) is 24.3 Å². The lowest BCUT2D eigenvalue weighted by molar-refractivity contribution is -0.116. The zero-order chi connectivity index (χ0) is 18.7. The molecule has 0 spiro atoms. The number of anilines is 1. The zero-order valence-corrected chi connectivity index (χ0v) is 15.8. The van der Waals surface area contributed by atoms with E-state index in [-0.39, 0.29) is 25.2 Å². The van der Waals surface area contributed by atoms with Crippen molar-refractivity contribution in [2.45, 2.75) is 39.2 Å². The topological polar surface area (TPSA) is 90.9 Å². The van der Waals surface area contributed by atoms with Gasteiger partial charge in [0.2, 0.25) is 5.91 Å². The molecule has 0 aliphatic heterocycles. The molecule has 0 saturated carbocycles. The molecular formula is C17H27NO6S. The summed E-state index contributed by atoms with van der Waals surface area (Å²) in [5, 5.41) is 2.80. The summed E-state index contributed by atoms with van der Waals surface area (Å²) in [6.45, 7) is 4.72. The molecule has 0 aliphatic carbocycles. The van der Waals surface area contributed by atoms with Gasteiger partial charge in [-0.3, -0.25) is 8.98 Å². The van der Waals surface area contributed by atoms with Crippen LogP contribution < -0.4 is 10.1 Å². The molecule has 0 aliphatic rings. The summed E-state index contributed by atoms with van der Waals surface area (Å²) < 4.78 is 37.1. The minimum Gasteiger partial charge on any atom is -0.491 e. The molecule has 0 saturated heterocycles. The number of nitrogens with one attached hydrogen (secondary N) is 1. The average molecular weight is 373 g/mol. The predicted octanol–water partition coefficient (Wildman–Crippen LogP) is 2.58. The molecule has 0 aromatic heterocycles. The first-order valence-corrected chi connectivity index (χ1v) is 10.1. The van der Waals surface area contributed by atoms with Gasteiger partial charge < -0.3 is 14.8 Å². The molecule has 1 atom stereocenters. The highest BCUT2D eigenvalue weighted by Gasteiger charge is 2.05. The van der Waals surface area contributed by atoms with E-state index in [0.29, 0.717) is 30.9 Å². The van der Waals surface area contributed by atoms with Crippen molar-refractivity contribution < 1.29 is 26.9 Å². The van der Waals surface area contributed by atoms with E-state index in [1.807, 2.05) is 6.92 Å². The summed E-state index contributed by atoms with van der Waals surface area (Å²) >= 11 is 0. The summed E-state index contributed by atoms with van der Waals surface area (Å²) in [6.07, 6.45) is 3.25. The first-order chi connectivity index (χ1) is 11.8. The summed E-state index contributed by atoms with van der Waals surface area (Å²) in [6, 6.07) is 6.84. The average Bonchev–Trinajstić information content (AvgIpc) is 2.56. The molecule has 1 aromatic carbocycles. The van der Waals surface area contributed by atoms with Crippen LogP contribution in [0.3, 0.4) is 0 Å². The molecule has 7 nitrogen and oxygen atoms in total. The van der Waals surface area contributed by atoms with Crippen LogP contribution >= 0.6 is 0 Å². The van der Waals surface area contributed by atoms with E-state index < -0.39 is 10.1 Å². The number of carbonyl (C=O) groups excluding carboxylic acids is 1. The summed E-state index contributed by atoms with van der Waals surface area (Å²) in [5.41, 5.74) is 0.674. The Morgan fingerprint density at radius 2 is 1.84 bits per heavy atom. The summed E-state index contributed by atoms with van der Waals surface area (Å²) in [7, 11) is -3.45. The van der Waals surface area contributed by atoms with E-state index in [4.69, 9.17) is 9.47 Å². The van der Waals surface area contributed by atoms with Crippen LogP contribution in [0.25, 0.3) is 0 Å². The van der Waals surface area contributed by atoms with Gasteiger partial charge >= 0.3 is 0 Å². The molecule has 1 rings (SSSR count). The van der Waals surface area contributed by atoms with Crippen LogP contribution in [0, 0.1) is 0 Å². The quantitative estimate of drug-likeness (QED) is 0.447. The zero-order valence-electron chi connectivity index (χ0n) is 15.0. The highest BCUT2D eigenvalue weighted by molar-refractivity contribution is 7.85. The fourth-order valence-corrected chi connectivity index (χ4v) is 2.21. The lowest BCUT2D eigenvalue weighted by Gasteiger charge is -2.10. The number of benzene rings is 1. The molecule has 0 fully saturated rings. The Kier molecular flexibility index (Phi) is 9.48. The van der Waals surface area contributed by atoms with E-state index in [0.717, 1.165) is 12.7 Å². The molecule has 0 heterocycles. The van der Waals surface area contributed by atoms with E-state index >= 15 is 0 Å². The predicted molar refractivity (Wildman–Crippen MR) is 96.3 cm³/mol. The van der Waals surface area contributed by atoms with E-state index in [2.05, 4.69) is 16.4 Å². The number of hydrogen-bond donors (Lipinski definition) is 1. The molecule has 1 amide bonds. The smallest absolute Gasteiger partial charge is 0.264 e. The Morgan fingerprint density at radius 3 is 2.44 bits per heavy atom. The van der Waals surface area contributed by atoms with Crippen molar-refractivity contribution in [1.82, 2.24) is 0 Å². The van der Waals surface area contributed by atoms with Gasteiger partial charge in [-0.25, -0.2) is 0 Å². The molecule has 1 aromatic rings. The standard InChI is InChI=1S/C17H27NO6S/c1-4-14(2)22-11-5-6-17(19)18-15-7-9-16(10-8-15)23-12-13-24-25(3,20)21/h7-10,14H,4-6,11-13H2,1-3H3,(H,18,19). The first kappa shape index (κ1) is 21.4. The third-order valence-electron chi connectivity index (χ3n) is 3.31. The van der Waals surface area contributed by atoms with Crippen LogP contribution in [0.4, 0.5) is 5.69 Å². The van der Waals surface area contributed by atoms with E-state index in [1.54, 1.807) is 24.3 Å². The lowest BCUT2D eigenvalue weighted by Crippen LogP contribution is -2.14. The molecule has 1 unspecified atom stereocenters. The van der Waals surface area contributed by atoms with Crippen molar-refractivity contribution in [2.24, 2.45) is 0 Å². The monoisotopic (exact) mass is 373 g/mol. The van der Waals surface area contributed by atoms with Crippen molar-refractivity contribution >= 4 is 21.7 Å². The Morgan fingerprint density at radius 1 is 1.16 bits per heavy atom. The molecule has 25 heavy (non-hydrogen) atoms. The summed E-state index contributed by atoms with van der Waals surface area (Å²) in [4.78, 5) is 11.8. The van der Waals surface area contributed by atoms with Gasteiger partial charge in [0, 0.05) is 18.7 Å². The Bertz CT molecular complexity index is 615. The lowest BCUT2D eigenvalue weighted by atomic mass is 10.2.